The summed E-state index contributed by atoms with van der Waals surface area (Å²) in [7, 11) is 0. The Morgan fingerprint density at radius 1 is 1.26 bits per heavy atom. The number of carbonyl (C=O) groups is 1. The molecule has 0 heterocycles. The van der Waals surface area contributed by atoms with E-state index in [4.69, 9.17) is 5.11 Å². The number of rotatable bonds is 6. The SMILES string of the molecule is O=C(NCC(O)C(F)F)c1ccccc1SC(F)F. The van der Waals surface area contributed by atoms with Crippen LogP contribution in [0.4, 0.5) is 17.6 Å². The van der Waals surface area contributed by atoms with Crippen molar-refractivity contribution in [3.8, 4) is 0 Å². The first kappa shape index (κ1) is 15.8. The molecule has 106 valence electrons. The number of alkyl halides is 4. The molecular formula is C11H11F4NO2S. The summed E-state index contributed by atoms with van der Waals surface area (Å²) >= 11 is 0.189. The number of aliphatic hydroxyl groups excluding tert-OH is 1. The van der Waals surface area contributed by atoms with Gasteiger partial charge >= 0.3 is 0 Å². The van der Waals surface area contributed by atoms with Crippen LogP contribution in [-0.2, 0) is 0 Å². The fraction of sp³-hybridized carbons (Fsp3) is 0.364. The largest absolute Gasteiger partial charge is 0.385 e. The van der Waals surface area contributed by atoms with Crippen molar-refractivity contribution in [2.75, 3.05) is 6.54 Å². The van der Waals surface area contributed by atoms with E-state index in [1.54, 1.807) is 0 Å². The number of benzene rings is 1. The first-order valence-electron chi connectivity index (χ1n) is 5.20. The predicted molar refractivity (Wildman–Crippen MR) is 62.6 cm³/mol. The van der Waals surface area contributed by atoms with Crippen LogP contribution in [0.25, 0.3) is 0 Å². The Labute approximate surface area is 111 Å². The number of carbonyl (C=O) groups excluding carboxylic acids is 1. The van der Waals surface area contributed by atoms with Crippen molar-refractivity contribution in [3.05, 3.63) is 29.8 Å². The van der Waals surface area contributed by atoms with Gasteiger partial charge in [0, 0.05) is 11.4 Å². The zero-order chi connectivity index (χ0) is 14.4. The van der Waals surface area contributed by atoms with Gasteiger partial charge in [0.15, 0.2) is 0 Å². The standard InChI is InChI=1S/C11H11F4NO2S/c12-9(13)7(17)5-16-10(18)6-3-1-2-4-8(6)19-11(14)15/h1-4,7,9,11,17H,5H2,(H,16,18). The van der Waals surface area contributed by atoms with Gasteiger partial charge in [0.2, 0.25) is 0 Å². The van der Waals surface area contributed by atoms with Crippen LogP contribution in [0.2, 0.25) is 0 Å². The lowest BCUT2D eigenvalue weighted by molar-refractivity contribution is -0.00271. The number of hydrogen-bond acceptors (Lipinski definition) is 3. The minimum atomic E-state index is -2.98. The van der Waals surface area contributed by atoms with Gasteiger partial charge in [0.25, 0.3) is 18.1 Å². The summed E-state index contributed by atoms with van der Waals surface area (Å²) in [6.45, 7) is -0.649. The summed E-state index contributed by atoms with van der Waals surface area (Å²) in [4.78, 5) is 11.7. The van der Waals surface area contributed by atoms with Crippen molar-refractivity contribution in [3.63, 3.8) is 0 Å². The molecule has 1 amide bonds. The quantitative estimate of drug-likeness (QED) is 0.626. The molecular weight excluding hydrogens is 286 g/mol. The van der Waals surface area contributed by atoms with E-state index in [9.17, 15) is 22.4 Å². The molecule has 0 aliphatic rings. The third-order valence-electron chi connectivity index (χ3n) is 2.11. The van der Waals surface area contributed by atoms with E-state index < -0.39 is 30.7 Å². The molecule has 2 N–H and O–H groups in total. The molecule has 1 aromatic carbocycles. The predicted octanol–water partition coefficient (Wildman–Crippen LogP) is 2.36. The highest BCUT2D eigenvalue weighted by molar-refractivity contribution is 7.99. The van der Waals surface area contributed by atoms with Gasteiger partial charge in [-0.25, -0.2) is 8.78 Å². The van der Waals surface area contributed by atoms with E-state index in [2.05, 4.69) is 5.32 Å². The zero-order valence-corrected chi connectivity index (χ0v) is 10.3. The summed E-state index contributed by atoms with van der Waals surface area (Å²) in [5.74, 6) is -3.48. The molecule has 1 atom stereocenters. The summed E-state index contributed by atoms with van der Waals surface area (Å²) in [6.07, 6.45) is -4.97. The molecule has 1 aromatic rings. The lowest BCUT2D eigenvalue weighted by Gasteiger charge is -2.12. The van der Waals surface area contributed by atoms with Gasteiger partial charge in [0.05, 0.1) is 5.56 Å². The van der Waals surface area contributed by atoms with Crippen LogP contribution in [-0.4, -0.2) is 35.8 Å². The Kier molecular flexibility index (Phi) is 6.10. The lowest BCUT2D eigenvalue weighted by atomic mass is 10.2. The van der Waals surface area contributed by atoms with Crippen molar-refractivity contribution in [1.29, 1.82) is 0 Å². The highest BCUT2D eigenvalue weighted by atomic mass is 32.2. The molecule has 0 radical (unpaired) electrons. The van der Waals surface area contributed by atoms with Gasteiger partial charge in [-0.2, -0.15) is 8.78 Å². The third-order valence-corrected chi connectivity index (χ3v) is 2.90. The van der Waals surface area contributed by atoms with Gasteiger partial charge < -0.3 is 10.4 Å². The van der Waals surface area contributed by atoms with Gasteiger partial charge in [-0.05, 0) is 12.1 Å². The van der Waals surface area contributed by atoms with Crippen LogP contribution in [0.15, 0.2) is 29.2 Å². The van der Waals surface area contributed by atoms with Gasteiger partial charge in [-0.3, -0.25) is 4.79 Å². The van der Waals surface area contributed by atoms with Crippen LogP contribution in [0.5, 0.6) is 0 Å². The maximum absolute atomic E-state index is 12.3. The Morgan fingerprint density at radius 2 is 1.89 bits per heavy atom. The topological polar surface area (TPSA) is 49.3 Å². The first-order valence-corrected chi connectivity index (χ1v) is 6.08. The fourth-order valence-corrected chi connectivity index (χ4v) is 1.87. The molecule has 0 saturated carbocycles. The van der Waals surface area contributed by atoms with E-state index in [1.165, 1.54) is 24.3 Å². The van der Waals surface area contributed by atoms with Crippen LogP contribution in [0, 0.1) is 0 Å². The monoisotopic (exact) mass is 297 g/mol. The summed E-state index contributed by atoms with van der Waals surface area (Å²) in [6, 6.07) is 5.58. The molecule has 8 heteroatoms. The molecule has 0 aliphatic heterocycles. The molecule has 0 aliphatic carbocycles. The lowest BCUT2D eigenvalue weighted by Crippen LogP contribution is -2.36. The molecule has 1 rings (SSSR count). The zero-order valence-electron chi connectivity index (χ0n) is 9.52. The summed E-state index contributed by atoms with van der Waals surface area (Å²) in [5, 5.41) is 10.9. The second-order valence-electron chi connectivity index (χ2n) is 3.49. The van der Waals surface area contributed by atoms with Gasteiger partial charge in [-0.1, -0.05) is 23.9 Å². The normalized spacial score (nSPS) is 12.8. The molecule has 0 fully saturated rings. The number of aliphatic hydroxyl groups is 1. The minimum Gasteiger partial charge on any atom is -0.385 e. The maximum Gasteiger partial charge on any atom is 0.288 e. The number of thioether (sulfide) groups is 1. The second-order valence-corrected chi connectivity index (χ2v) is 4.52. The van der Waals surface area contributed by atoms with Crippen molar-refractivity contribution in [2.24, 2.45) is 0 Å². The molecule has 0 bridgehead atoms. The second kappa shape index (κ2) is 7.34. The maximum atomic E-state index is 12.3. The third kappa shape index (κ3) is 5.07. The number of hydrogen-bond donors (Lipinski definition) is 2. The number of nitrogens with one attached hydrogen (secondary N) is 1. The highest BCUT2D eigenvalue weighted by Gasteiger charge is 2.19. The van der Waals surface area contributed by atoms with Crippen molar-refractivity contribution < 1.29 is 27.5 Å². The van der Waals surface area contributed by atoms with Crippen LogP contribution >= 0.6 is 11.8 Å². The van der Waals surface area contributed by atoms with Crippen LogP contribution < -0.4 is 5.32 Å². The molecule has 0 saturated heterocycles. The number of halogens is 4. The van der Waals surface area contributed by atoms with Gasteiger partial charge in [0.1, 0.15) is 6.10 Å². The average molecular weight is 297 g/mol. The molecule has 3 nitrogen and oxygen atoms in total. The van der Waals surface area contributed by atoms with Gasteiger partial charge in [-0.15, -0.1) is 0 Å². The molecule has 0 aromatic heterocycles. The fourth-order valence-electron chi connectivity index (χ4n) is 1.23. The van der Waals surface area contributed by atoms with E-state index in [-0.39, 0.29) is 22.2 Å². The van der Waals surface area contributed by atoms with E-state index in [1.807, 2.05) is 0 Å². The van der Waals surface area contributed by atoms with Crippen molar-refractivity contribution in [2.45, 2.75) is 23.2 Å². The van der Waals surface area contributed by atoms with E-state index >= 15 is 0 Å². The van der Waals surface area contributed by atoms with E-state index in [0.717, 1.165) is 0 Å². The first-order chi connectivity index (χ1) is 8.91. The Hall–Kier alpha value is -1.28. The highest BCUT2D eigenvalue weighted by Crippen LogP contribution is 2.28. The Bertz CT molecular complexity index is 431. The smallest absolute Gasteiger partial charge is 0.288 e. The summed E-state index contributed by atoms with van der Waals surface area (Å²) < 4.78 is 48.6. The van der Waals surface area contributed by atoms with Crippen LogP contribution in [0.3, 0.4) is 0 Å². The number of amides is 1. The summed E-state index contributed by atoms with van der Waals surface area (Å²) in [5.41, 5.74) is -0.0470. The molecule has 19 heavy (non-hydrogen) atoms. The van der Waals surface area contributed by atoms with E-state index in [0.29, 0.717) is 0 Å². The van der Waals surface area contributed by atoms with Crippen LogP contribution in [0.1, 0.15) is 10.4 Å². The average Bonchev–Trinajstić information content (AvgIpc) is 2.35. The Morgan fingerprint density at radius 3 is 2.47 bits per heavy atom. The molecule has 0 spiro atoms. The molecule has 1 unspecified atom stereocenters. The Balaban J connectivity index is 2.71. The van der Waals surface area contributed by atoms with Crippen molar-refractivity contribution >= 4 is 17.7 Å². The minimum absolute atomic E-state index is 0.0431. The van der Waals surface area contributed by atoms with Crippen molar-refractivity contribution in [1.82, 2.24) is 5.32 Å².